The second-order valence-corrected chi connectivity index (χ2v) is 5.30. The summed E-state index contributed by atoms with van der Waals surface area (Å²) in [4.78, 5) is 15.2. The van der Waals surface area contributed by atoms with Gasteiger partial charge in [0.25, 0.3) is 5.91 Å². The number of para-hydroxylation sites is 1. The third-order valence-electron chi connectivity index (χ3n) is 3.20. The predicted molar refractivity (Wildman–Crippen MR) is 80.9 cm³/mol. The highest BCUT2D eigenvalue weighted by Crippen LogP contribution is 2.16. The van der Waals surface area contributed by atoms with E-state index in [1.165, 1.54) is 0 Å². The van der Waals surface area contributed by atoms with Gasteiger partial charge in [-0.1, -0.05) is 26.0 Å². The molecule has 4 heteroatoms. The van der Waals surface area contributed by atoms with Crippen LogP contribution < -0.4 is 5.32 Å². The van der Waals surface area contributed by atoms with Crippen LogP contribution in [0.3, 0.4) is 0 Å². The Morgan fingerprint density at radius 1 is 1.30 bits per heavy atom. The molecule has 1 amide bonds. The van der Waals surface area contributed by atoms with Crippen molar-refractivity contribution < 1.29 is 9.53 Å². The molecule has 2 N–H and O–H groups in total. The van der Waals surface area contributed by atoms with Crippen LogP contribution in [0, 0.1) is 5.92 Å². The van der Waals surface area contributed by atoms with Gasteiger partial charge in [0, 0.05) is 24.7 Å². The van der Waals surface area contributed by atoms with E-state index >= 15 is 0 Å². The standard InChI is InChI=1S/C16H22N2O2/c1-12(2)7-10-20-11-9-18-16(19)14-5-3-4-13-6-8-17-15(13)14/h3-6,8,12,17H,7,9-11H2,1-2H3,(H,18,19). The monoisotopic (exact) mass is 274 g/mol. The Hall–Kier alpha value is -1.81. The number of aromatic nitrogens is 1. The molecule has 20 heavy (non-hydrogen) atoms. The topological polar surface area (TPSA) is 54.1 Å². The normalized spacial score (nSPS) is 11.2. The minimum atomic E-state index is -0.0643. The summed E-state index contributed by atoms with van der Waals surface area (Å²) in [5, 5.41) is 3.93. The van der Waals surface area contributed by atoms with Crippen molar-refractivity contribution in [2.75, 3.05) is 19.8 Å². The van der Waals surface area contributed by atoms with E-state index in [1.807, 2.05) is 30.5 Å². The second-order valence-electron chi connectivity index (χ2n) is 5.30. The minimum absolute atomic E-state index is 0.0643. The maximum Gasteiger partial charge on any atom is 0.253 e. The number of hydrogen-bond acceptors (Lipinski definition) is 2. The van der Waals surface area contributed by atoms with Gasteiger partial charge in [-0.25, -0.2) is 0 Å². The lowest BCUT2D eigenvalue weighted by molar-refractivity contribution is 0.0907. The van der Waals surface area contributed by atoms with Gasteiger partial charge in [0.2, 0.25) is 0 Å². The summed E-state index contributed by atoms with van der Waals surface area (Å²) < 4.78 is 5.48. The number of aromatic amines is 1. The van der Waals surface area contributed by atoms with Crippen molar-refractivity contribution in [1.82, 2.24) is 10.3 Å². The number of H-pyrrole nitrogens is 1. The molecule has 1 aromatic heterocycles. The second kappa shape index (κ2) is 7.10. The average molecular weight is 274 g/mol. The molecule has 0 spiro atoms. The average Bonchev–Trinajstić information content (AvgIpc) is 2.90. The van der Waals surface area contributed by atoms with Crippen molar-refractivity contribution in [2.45, 2.75) is 20.3 Å². The van der Waals surface area contributed by atoms with Crippen LogP contribution in [0.25, 0.3) is 10.9 Å². The molecule has 0 radical (unpaired) electrons. The molecule has 1 heterocycles. The Morgan fingerprint density at radius 2 is 2.15 bits per heavy atom. The molecule has 0 bridgehead atoms. The summed E-state index contributed by atoms with van der Waals surface area (Å²) in [5.74, 6) is 0.584. The molecular weight excluding hydrogens is 252 g/mol. The number of fused-ring (bicyclic) bond motifs is 1. The van der Waals surface area contributed by atoms with E-state index in [1.54, 1.807) is 0 Å². The Kier molecular flexibility index (Phi) is 5.18. The van der Waals surface area contributed by atoms with Crippen molar-refractivity contribution >= 4 is 16.8 Å². The van der Waals surface area contributed by atoms with Gasteiger partial charge in [-0.05, 0) is 24.5 Å². The van der Waals surface area contributed by atoms with E-state index in [9.17, 15) is 4.79 Å². The zero-order chi connectivity index (χ0) is 14.4. The van der Waals surface area contributed by atoms with E-state index in [2.05, 4.69) is 24.1 Å². The Balaban J connectivity index is 1.79. The number of benzene rings is 1. The van der Waals surface area contributed by atoms with Crippen LogP contribution in [-0.4, -0.2) is 30.6 Å². The number of carbonyl (C=O) groups excluding carboxylic acids is 1. The fourth-order valence-electron chi connectivity index (χ4n) is 2.03. The summed E-state index contributed by atoms with van der Waals surface area (Å²) >= 11 is 0. The zero-order valence-electron chi connectivity index (χ0n) is 12.1. The summed E-state index contributed by atoms with van der Waals surface area (Å²) in [6.45, 7) is 6.18. The first-order valence-electron chi connectivity index (χ1n) is 7.10. The van der Waals surface area contributed by atoms with Crippen LogP contribution in [0.1, 0.15) is 30.6 Å². The Morgan fingerprint density at radius 3 is 2.95 bits per heavy atom. The number of amides is 1. The van der Waals surface area contributed by atoms with Crippen LogP contribution in [-0.2, 0) is 4.74 Å². The number of nitrogens with one attached hydrogen (secondary N) is 2. The number of carbonyl (C=O) groups is 1. The minimum Gasteiger partial charge on any atom is -0.380 e. The molecular formula is C16H22N2O2. The van der Waals surface area contributed by atoms with E-state index < -0.39 is 0 Å². The van der Waals surface area contributed by atoms with Crippen molar-refractivity contribution in [3.63, 3.8) is 0 Å². The fraction of sp³-hybridized carbons (Fsp3) is 0.438. The highest BCUT2D eigenvalue weighted by Gasteiger charge is 2.09. The molecule has 0 saturated heterocycles. The van der Waals surface area contributed by atoms with Crippen LogP contribution >= 0.6 is 0 Å². The molecule has 2 aromatic rings. The summed E-state index contributed by atoms with van der Waals surface area (Å²) in [6.07, 6.45) is 2.90. The third kappa shape index (κ3) is 3.84. The smallest absolute Gasteiger partial charge is 0.253 e. The van der Waals surface area contributed by atoms with Crippen LogP contribution in [0.15, 0.2) is 30.5 Å². The molecule has 0 aliphatic heterocycles. The number of hydrogen-bond donors (Lipinski definition) is 2. The van der Waals surface area contributed by atoms with Crippen molar-refractivity contribution in [3.05, 3.63) is 36.0 Å². The van der Waals surface area contributed by atoms with Gasteiger partial charge < -0.3 is 15.0 Å². The summed E-state index contributed by atoms with van der Waals surface area (Å²) in [6, 6.07) is 7.66. The van der Waals surface area contributed by atoms with Gasteiger partial charge in [0.1, 0.15) is 0 Å². The first kappa shape index (κ1) is 14.6. The largest absolute Gasteiger partial charge is 0.380 e. The maximum absolute atomic E-state index is 12.1. The zero-order valence-corrected chi connectivity index (χ0v) is 12.1. The van der Waals surface area contributed by atoms with Gasteiger partial charge in [-0.2, -0.15) is 0 Å². The highest BCUT2D eigenvalue weighted by molar-refractivity contribution is 6.05. The van der Waals surface area contributed by atoms with E-state index in [0.29, 0.717) is 24.6 Å². The molecule has 2 rings (SSSR count). The van der Waals surface area contributed by atoms with E-state index in [-0.39, 0.29) is 5.91 Å². The fourth-order valence-corrected chi connectivity index (χ4v) is 2.03. The summed E-state index contributed by atoms with van der Waals surface area (Å²) in [5.41, 5.74) is 1.56. The lowest BCUT2D eigenvalue weighted by Gasteiger charge is -2.08. The van der Waals surface area contributed by atoms with E-state index in [4.69, 9.17) is 4.74 Å². The van der Waals surface area contributed by atoms with Crippen molar-refractivity contribution in [3.8, 4) is 0 Å². The van der Waals surface area contributed by atoms with Crippen molar-refractivity contribution in [1.29, 1.82) is 0 Å². The van der Waals surface area contributed by atoms with Gasteiger partial charge >= 0.3 is 0 Å². The van der Waals surface area contributed by atoms with Crippen LogP contribution in [0.5, 0.6) is 0 Å². The lowest BCUT2D eigenvalue weighted by atomic mass is 10.1. The maximum atomic E-state index is 12.1. The lowest BCUT2D eigenvalue weighted by Crippen LogP contribution is -2.27. The molecule has 1 aromatic carbocycles. The molecule has 0 unspecified atom stereocenters. The quantitative estimate of drug-likeness (QED) is 0.763. The van der Waals surface area contributed by atoms with Crippen molar-refractivity contribution in [2.24, 2.45) is 5.92 Å². The molecule has 4 nitrogen and oxygen atoms in total. The third-order valence-corrected chi connectivity index (χ3v) is 3.20. The molecule has 0 aliphatic carbocycles. The van der Waals surface area contributed by atoms with Crippen LogP contribution in [0.4, 0.5) is 0 Å². The number of rotatable bonds is 7. The Bertz CT molecular complexity index is 560. The molecule has 0 aliphatic rings. The van der Waals surface area contributed by atoms with Crippen LogP contribution in [0.2, 0.25) is 0 Å². The summed E-state index contributed by atoms with van der Waals surface area (Å²) in [7, 11) is 0. The van der Waals surface area contributed by atoms with Gasteiger partial charge in [-0.3, -0.25) is 4.79 Å². The van der Waals surface area contributed by atoms with Gasteiger partial charge in [-0.15, -0.1) is 0 Å². The predicted octanol–water partition coefficient (Wildman–Crippen LogP) is 2.96. The molecule has 0 fully saturated rings. The SMILES string of the molecule is CC(C)CCOCCNC(=O)c1cccc2cc[nH]c12. The van der Waals surface area contributed by atoms with Gasteiger partial charge in [0.05, 0.1) is 17.7 Å². The van der Waals surface area contributed by atoms with E-state index in [0.717, 1.165) is 23.9 Å². The number of ether oxygens (including phenoxy) is 1. The van der Waals surface area contributed by atoms with Gasteiger partial charge in [0.15, 0.2) is 0 Å². The first-order valence-corrected chi connectivity index (χ1v) is 7.10. The molecule has 0 atom stereocenters. The highest BCUT2D eigenvalue weighted by atomic mass is 16.5. The first-order chi connectivity index (χ1) is 9.68. The molecule has 0 saturated carbocycles. The Labute approximate surface area is 119 Å². The molecule has 108 valence electrons.